The van der Waals surface area contributed by atoms with Crippen LogP contribution in [0.5, 0.6) is 5.75 Å². The lowest BCUT2D eigenvalue weighted by molar-refractivity contribution is -0.991. The summed E-state index contributed by atoms with van der Waals surface area (Å²) in [6, 6.07) is 16.6. The molecule has 3 aliphatic heterocycles. The predicted molar refractivity (Wildman–Crippen MR) is 161 cm³/mol. The highest BCUT2D eigenvalue weighted by Crippen LogP contribution is 2.48. The zero-order valence-electron chi connectivity index (χ0n) is 24.0. The summed E-state index contributed by atoms with van der Waals surface area (Å²) in [6.07, 6.45) is 4.14. The minimum Gasteiger partial charge on any atom is -0.595 e. The van der Waals surface area contributed by atoms with Crippen molar-refractivity contribution in [2.24, 2.45) is 11.8 Å². The molecule has 1 amide bonds. The number of hydrogen-bond donors (Lipinski definition) is 4. The van der Waals surface area contributed by atoms with Gasteiger partial charge in [-0.15, -0.1) is 0 Å². The van der Waals surface area contributed by atoms with Crippen LogP contribution < -0.4 is 25.7 Å². The summed E-state index contributed by atoms with van der Waals surface area (Å²) in [5.41, 5.74) is 6.51. The first kappa shape index (κ1) is 26.5. The van der Waals surface area contributed by atoms with Gasteiger partial charge in [-0.25, -0.2) is 5.21 Å². The molecular formula is C33H35N5O5. The number of rotatable bonds is 4. The second-order valence-corrected chi connectivity index (χ2v) is 12.6. The number of carbonyl (C=O) groups excluding carboxylic acids is 1. The number of fused-ring (bicyclic) bond motifs is 11. The Morgan fingerprint density at radius 2 is 2.05 bits per heavy atom. The second-order valence-electron chi connectivity index (χ2n) is 12.6. The van der Waals surface area contributed by atoms with E-state index in [1.807, 2.05) is 34.9 Å². The van der Waals surface area contributed by atoms with E-state index in [-0.39, 0.29) is 47.0 Å². The average Bonchev–Trinajstić information content (AvgIpc) is 3.39. The van der Waals surface area contributed by atoms with E-state index in [1.54, 1.807) is 25.3 Å². The number of aromatic amines is 1. The second kappa shape index (κ2) is 9.97. The van der Waals surface area contributed by atoms with Gasteiger partial charge in [0.05, 0.1) is 19.1 Å². The van der Waals surface area contributed by atoms with E-state index in [4.69, 9.17) is 4.74 Å². The molecule has 1 saturated heterocycles. The number of benzene rings is 2. The van der Waals surface area contributed by atoms with Crippen molar-refractivity contribution in [3.63, 3.8) is 0 Å². The Morgan fingerprint density at radius 1 is 1.16 bits per heavy atom. The number of aromatic nitrogens is 2. The number of aryl methyl sites for hydroxylation is 1. The van der Waals surface area contributed by atoms with Gasteiger partial charge >= 0.3 is 0 Å². The molecule has 1 aliphatic carbocycles. The third-order valence-electron chi connectivity index (χ3n) is 10.3. The summed E-state index contributed by atoms with van der Waals surface area (Å²) in [5.74, 6) is 0.711. The first-order valence-corrected chi connectivity index (χ1v) is 15.2. The number of carbonyl (C=O) groups is 1. The number of ether oxygens (including phenoxy) is 1. The zero-order valence-corrected chi connectivity index (χ0v) is 24.0. The highest BCUT2D eigenvalue weighted by Gasteiger charge is 2.49. The summed E-state index contributed by atoms with van der Waals surface area (Å²) >= 11 is 0. The van der Waals surface area contributed by atoms with Crippen molar-refractivity contribution in [2.45, 2.75) is 56.7 Å². The third kappa shape index (κ3) is 4.19. The number of amides is 1. The van der Waals surface area contributed by atoms with Gasteiger partial charge < -0.3 is 29.7 Å². The summed E-state index contributed by atoms with van der Waals surface area (Å²) in [5, 5.41) is 25.2. The Hall–Kier alpha value is -4.12. The van der Waals surface area contributed by atoms with Gasteiger partial charge in [-0.2, -0.15) is 5.23 Å². The third-order valence-corrected chi connectivity index (χ3v) is 10.3. The Labute approximate surface area is 248 Å². The number of pyridine rings is 1. The Morgan fingerprint density at radius 3 is 2.88 bits per heavy atom. The molecule has 2 bridgehead atoms. The minimum absolute atomic E-state index is 0.00846. The summed E-state index contributed by atoms with van der Waals surface area (Å²) in [7, 11) is 1.67. The molecule has 4 aromatic rings. The molecule has 0 spiro atoms. The zero-order chi connectivity index (χ0) is 29.4. The standard InChI is InChI=1S/C33H35N5O5/c1-43-22-9-10-26-24(15-22)23-4-2-5-27(31(23)34-26)35-33(40)25-14-18-13-21(38(41)42)8-11-29(18)37-16-19-12-20(32(25)37)17-36-28(19)6-3-7-30(36)39/h3,6-11,13,15,19-20,25,27,32,34,38,41H,2,4-5,12,14,16-17H2,1H3,(H,35,40)/t19?,20?,25-,27?,32+/m1/s1. The molecule has 4 unspecified atom stereocenters. The largest absolute Gasteiger partial charge is 0.595 e. The first-order chi connectivity index (χ1) is 20.9. The molecule has 4 aliphatic rings. The molecular weight excluding hydrogens is 546 g/mol. The monoisotopic (exact) mass is 581 g/mol. The maximum atomic E-state index is 14.4. The molecule has 8 rings (SSSR count). The first-order valence-electron chi connectivity index (χ1n) is 15.2. The molecule has 1 fully saturated rings. The molecule has 4 N–H and O–H groups in total. The quantitative estimate of drug-likeness (QED) is 0.275. The van der Waals surface area contributed by atoms with Crippen molar-refractivity contribution in [3.05, 3.63) is 92.7 Å². The summed E-state index contributed by atoms with van der Waals surface area (Å²) < 4.78 is 7.37. The molecule has 43 heavy (non-hydrogen) atoms. The van der Waals surface area contributed by atoms with Gasteiger partial charge in [0.15, 0.2) is 5.69 Å². The number of piperidine rings is 1. The average molecular weight is 582 g/mol. The summed E-state index contributed by atoms with van der Waals surface area (Å²) in [4.78, 5) is 33.2. The van der Waals surface area contributed by atoms with E-state index in [1.165, 1.54) is 5.56 Å². The van der Waals surface area contributed by atoms with Crippen molar-refractivity contribution in [2.75, 3.05) is 18.6 Å². The number of anilines is 1. The Balaban J connectivity index is 1.16. The van der Waals surface area contributed by atoms with Crippen LogP contribution in [0.4, 0.5) is 11.4 Å². The van der Waals surface area contributed by atoms with E-state index in [0.29, 0.717) is 19.5 Å². The highest BCUT2D eigenvalue weighted by atomic mass is 16.8. The molecule has 6 atom stereocenters. The van der Waals surface area contributed by atoms with E-state index in [0.717, 1.165) is 65.0 Å². The number of nitrogens with one attached hydrogen (secondary N) is 3. The molecule has 2 aromatic heterocycles. The van der Waals surface area contributed by atoms with Gasteiger partial charge in [-0.1, -0.05) is 6.07 Å². The smallest absolute Gasteiger partial charge is 0.250 e. The van der Waals surface area contributed by atoms with Gasteiger partial charge in [0.2, 0.25) is 5.91 Å². The molecule has 222 valence electrons. The van der Waals surface area contributed by atoms with Crippen LogP contribution in [0.1, 0.15) is 53.7 Å². The molecule has 10 nitrogen and oxygen atoms in total. The maximum Gasteiger partial charge on any atom is 0.250 e. The molecule has 2 aromatic carbocycles. The lowest BCUT2D eigenvalue weighted by Gasteiger charge is -2.54. The van der Waals surface area contributed by atoms with Gasteiger partial charge in [0.25, 0.3) is 5.56 Å². The van der Waals surface area contributed by atoms with Crippen LogP contribution >= 0.6 is 0 Å². The number of quaternary nitrogens is 1. The van der Waals surface area contributed by atoms with Crippen molar-refractivity contribution in [1.82, 2.24) is 14.9 Å². The Kier molecular flexibility index (Phi) is 6.15. The molecule has 10 heteroatoms. The van der Waals surface area contributed by atoms with Crippen LogP contribution in [0.2, 0.25) is 0 Å². The Bertz CT molecular complexity index is 1810. The van der Waals surface area contributed by atoms with Crippen molar-refractivity contribution >= 4 is 28.2 Å². The maximum absolute atomic E-state index is 14.4. The predicted octanol–water partition coefficient (Wildman–Crippen LogP) is 3.10. The van der Waals surface area contributed by atoms with Crippen molar-refractivity contribution < 1.29 is 20.0 Å². The van der Waals surface area contributed by atoms with Gasteiger partial charge in [-0.3, -0.25) is 9.59 Å². The lowest BCUT2D eigenvalue weighted by atomic mass is 9.70. The topological polar surface area (TPSA) is 127 Å². The number of hydrogen-bond acceptors (Lipinski definition) is 6. The summed E-state index contributed by atoms with van der Waals surface area (Å²) in [6.45, 7) is 1.27. The van der Waals surface area contributed by atoms with Crippen LogP contribution in [0, 0.1) is 17.0 Å². The van der Waals surface area contributed by atoms with Gasteiger partial charge in [0.1, 0.15) is 5.75 Å². The van der Waals surface area contributed by atoms with Gasteiger partial charge in [-0.05, 0) is 79.5 Å². The fraction of sp³-hybridized carbons (Fsp3) is 0.394. The number of H-pyrrole nitrogens is 1. The lowest BCUT2D eigenvalue weighted by Crippen LogP contribution is -2.99. The van der Waals surface area contributed by atoms with E-state index in [9.17, 15) is 20.0 Å². The van der Waals surface area contributed by atoms with Crippen molar-refractivity contribution in [1.29, 1.82) is 0 Å². The minimum atomic E-state index is -0.972. The van der Waals surface area contributed by atoms with Crippen LogP contribution in [0.25, 0.3) is 10.9 Å². The normalized spacial score (nSPS) is 26.1. The van der Waals surface area contributed by atoms with E-state index in [2.05, 4.69) is 21.3 Å². The molecule has 0 saturated carbocycles. The SMILES string of the molecule is COc1ccc2[nH]c3c(c2c1)CCCC3NC(=O)[C@@H]1Cc2cc([NH+]([O-])O)ccc2N2CC3CC(Cn4c3cccc4=O)[C@@H]12. The van der Waals surface area contributed by atoms with Gasteiger partial charge in [0, 0.05) is 71.2 Å². The van der Waals surface area contributed by atoms with Crippen LogP contribution in [0.3, 0.4) is 0 Å². The number of methoxy groups -OCH3 is 1. The number of nitrogens with zero attached hydrogens (tertiary/aromatic N) is 2. The highest BCUT2D eigenvalue weighted by molar-refractivity contribution is 5.87. The van der Waals surface area contributed by atoms with Crippen LogP contribution in [0.15, 0.2) is 59.4 Å². The van der Waals surface area contributed by atoms with Crippen molar-refractivity contribution in [3.8, 4) is 5.75 Å². The molecule has 0 radical (unpaired) electrons. The van der Waals surface area contributed by atoms with Crippen LogP contribution in [-0.4, -0.2) is 40.4 Å². The molecule has 5 heterocycles. The van der Waals surface area contributed by atoms with E-state index >= 15 is 0 Å². The fourth-order valence-corrected chi connectivity index (χ4v) is 8.48. The van der Waals surface area contributed by atoms with E-state index < -0.39 is 5.23 Å². The van der Waals surface area contributed by atoms with Crippen LogP contribution in [-0.2, 0) is 24.2 Å². The fourth-order valence-electron chi connectivity index (χ4n) is 8.48.